The van der Waals surface area contributed by atoms with Gasteiger partial charge in [0.1, 0.15) is 6.07 Å². The zero-order chi connectivity index (χ0) is 20.7. The quantitative estimate of drug-likeness (QED) is 0.737. The first-order chi connectivity index (χ1) is 12.9. The minimum atomic E-state index is -4.20. The van der Waals surface area contributed by atoms with E-state index in [9.17, 15) is 18.4 Å². The van der Waals surface area contributed by atoms with E-state index in [0.29, 0.717) is 37.4 Å². The molecule has 0 bridgehead atoms. The topological polar surface area (TPSA) is 48.7 Å². The molecule has 9 heteroatoms. The van der Waals surface area contributed by atoms with Gasteiger partial charge in [-0.1, -0.05) is 6.07 Å². The Morgan fingerprint density at radius 2 is 1.64 bits per heavy atom. The van der Waals surface area contributed by atoms with Crippen molar-refractivity contribution in [3.05, 3.63) is 23.8 Å². The van der Waals surface area contributed by atoms with Gasteiger partial charge in [0.2, 0.25) is 0 Å². The molecule has 2 fully saturated rings. The first-order valence-corrected chi connectivity index (χ1v) is 9.36. The number of anilines is 1. The van der Waals surface area contributed by atoms with Gasteiger partial charge >= 0.3 is 13.3 Å². The lowest BCUT2D eigenvalue weighted by Crippen LogP contribution is -2.49. The fourth-order valence-electron chi connectivity index (χ4n) is 3.43. The molecular weight excluding hydrogens is 370 g/mol. The maximum Gasteiger partial charge on any atom is 0.494 e. The molecule has 1 aromatic carbocycles. The number of hydrogen-bond donors (Lipinski definition) is 0. The predicted octanol–water partition coefficient (Wildman–Crippen LogP) is 2.54. The summed E-state index contributed by atoms with van der Waals surface area (Å²) in [5, 5.41) is 9.48. The highest BCUT2D eigenvalue weighted by Gasteiger charge is 2.51. The van der Waals surface area contributed by atoms with Gasteiger partial charge in [-0.2, -0.15) is 18.4 Å². The van der Waals surface area contributed by atoms with Crippen molar-refractivity contribution < 1.29 is 22.5 Å². The van der Waals surface area contributed by atoms with Crippen molar-refractivity contribution in [3.63, 3.8) is 0 Å². The molecule has 2 saturated heterocycles. The molecule has 0 spiro atoms. The van der Waals surface area contributed by atoms with Crippen LogP contribution in [0.1, 0.15) is 33.3 Å². The van der Waals surface area contributed by atoms with Gasteiger partial charge in [0.05, 0.1) is 29.0 Å². The number of halogens is 3. The van der Waals surface area contributed by atoms with Crippen molar-refractivity contribution >= 4 is 18.3 Å². The summed E-state index contributed by atoms with van der Waals surface area (Å²) in [5.74, 6) is 0. The first kappa shape index (κ1) is 21.0. The van der Waals surface area contributed by atoms with Crippen LogP contribution in [-0.2, 0) is 9.31 Å². The highest BCUT2D eigenvalue weighted by Crippen LogP contribution is 2.37. The van der Waals surface area contributed by atoms with E-state index in [1.807, 2.05) is 44.7 Å². The third-order valence-electron chi connectivity index (χ3n) is 5.78. The average Bonchev–Trinajstić information content (AvgIpc) is 2.81. The molecule has 152 valence electrons. The van der Waals surface area contributed by atoms with Crippen LogP contribution >= 0.6 is 0 Å². The summed E-state index contributed by atoms with van der Waals surface area (Å²) in [6, 6.07) is 7.57. The largest absolute Gasteiger partial charge is 0.494 e. The van der Waals surface area contributed by atoms with E-state index < -0.39 is 31.0 Å². The molecule has 2 heterocycles. The van der Waals surface area contributed by atoms with Crippen LogP contribution in [0.25, 0.3) is 0 Å². The lowest BCUT2D eigenvalue weighted by Gasteiger charge is -2.36. The highest BCUT2D eigenvalue weighted by molar-refractivity contribution is 6.62. The van der Waals surface area contributed by atoms with Crippen molar-refractivity contribution in [2.75, 3.05) is 37.6 Å². The summed E-state index contributed by atoms with van der Waals surface area (Å²) < 4.78 is 50.0. The van der Waals surface area contributed by atoms with Gasteiger partial charge in [0.15, 0.2) is 0 Å². The van der Waals surface area contributed by atoms with Crippen LogP contribution in [-0.4, -0.2) is 62.1 Å². The molecule has 0 atom stereocenters. The predicted molar refractivity (Wildman–Crippen MR) is 102 cm³/mol. The van der Waals surface area contributed by atoms with Gasteiger partial charge in [0.25, 0.3) is 0 Å². The number of nitrogens with zero attached hydrogens (tertiary/aromatic N) is 3. The molecule has 0 aromatic heterocycles. The van der Waals surface area contributed by atoms with E-state index in [-0.39, 0.29) is 0 Å². The zero-order valence-corrected chi connectivity index (χ0v) is 16.6. The van der Waals surface area contributed by atoms with Crippen LogP contribution < -0.4 is 10.4 Å². The van der Waals surface area contributed by atoms with Crippen molar-refractivity contribution in [2.45, 2.75) is 45.1 Å². The van der Waals surface area contributed by atoms with Crippen LogP contribution in [0.15, 0.2) is 18.2 Å². The molecule has 2 aliphatic rings. The van der Waals surface area contributed by atoms with Crippen molar-refractivity contribution in [2.24, 2.45) is 0 Å². The second kappa shape index (κ2) is 7.25. The standard InChI is InChI=1S/C19H25BF3N3O2/c1-17(2)18(3,4)28-20(27-17)15-6-5-14(12-24)16(11-15)26-9-7-25(8-10-26)13-19(21,22)23/h5-6,11H,7-10,13H2,1-4H3. The first-order valence-electron chi connectivity index (χ1n) is 9.36. The lowest BCUT2D eigenvalue weighted by atomic mass is 9.78. The van der Waals surface area contributed by atoms with Gasteiger partial charge in [-0.3, -0.25) is 4.90 Å². The number of alkyl halides is 3. The Bertz CT molecular complexity index is 753. The van der Waals surface area contributed by atoms with E-state index >= 15 is 0 Å². The molecular formula is C19H25BF3N3O2. The molecule has 0 aliphatic carbocycles. The Kier molecular flexibility index (Phi) is 5.43. The number of rotatable bonds is 3. The summed E-state index contributed by atoms with van der Waals surface area (Å²) in [7, 11) is -0.553. The van der Waals surface area contributed by atoms with Crippen LogP contribution in [0.2, 0.25) is 0 Å². The molecule has 0 saturated carbocycles. The molecule has 3 rings (SSSR count). The third-order valence-corrected chi connectivity index (χ3v) is 5.78. The minimum Gasteiger partial charge on any atom is -0.399 e. The number of hydrogen-bond acceptors (Lipinski definition) is 5. The summed E-state index contributed by atoms with van der Waals surface area (Å²) in [5.41, 5.74) is 1.04. The summed E-state index contributed by atoms with van der Waals surface area (Å²) in [6.45, 7) is 8.43. The SMILES string of the molecule is CC1(C)OB(c2ccc(C#N)c(N3CCN(CC(F)(F)F)CC3)c2)OC1(C)C. The highest BCUT2D eigenvalue weighted by atomic mass is 19.4. The second-order valence-corrected chi connectivity index (χ2v) is 8.36. The van der Waals surface area contributed by atoms with E-state index in [0.717, 1.165) is 5.46 Å². The van der Waals surface area contributed by atoms with Crippen LogP contribution in [0.4, 0.5) is 18.9 Å². The molecule has 1 aromatic rings. The molecule has 2 aliphatic heterocycles. The molecule has 28 heavy (non-hydrogen) atoms. The minimum absolute atomic E-state index is 0.297. The van der Waals surface area contributed by atoms with E-state index in [4.69, 9.17) is 9.31 Å². The summed E-state index contributed by atoms with van der Waals surface area (Å²) in [4.78, 5) is 3.35. The summed E-state index contributed by atoms with van der Waals surface area (Å²) in [6.07, 6.45) is -4.20. The van der Waals surface area contributed by atoms with Gasteiger partial charge in [-0.05, 0) is 45.3 Å². The second-order valence-electron chi connectivity index (χ2n) is 8.36. The molecule has 0 N–H and O–H groups in total. The molecule has 5 nitrogen and oxygen atoms in total. The lowest BCUT2D eigenvalue weighted by molar-refractivity contribution is -0.146. The maximum absolute atomic E-state index is 12.6. The number of benzene rings is 1. The molecule has 0 radical (unpaired) electrons. The Hall–Kier alpha value is -1.76. The Balaban J connectivity index is 1.78. The summed E-state index contributed by atoms with van der Waals surface area (Å²) >= 11 is 0. The zero-order valence-electron chi connectivity index (χ0n) is 16.6. The normalized spacial score (nSPS) is 22.4. The fraction of sp³-hybridized carbons (Fsp3) is 0.632. The van der Waals surface area contributed by atoms with Crippen molar-refractivity contribution in [1.29, 1.82) is 5.26 Å². The van der Waals surface area contributed by atoms with Crippen molar-refractivity contribution in [3.8, 4) is 6.07 Å². The van der Waals surface area contributed by atoms with Gasteiger partial charge < -0.3 is 14.2 Å². The van der Waals surface area contributed by atoms with E-state index in [1.54, 1.807) is 6.07 Å². The number of piperazine rings is 1. The smallest absolute Gasteiger partial charge is 0.399 e. The van der Waals surface area contributed by atoms with Crippen LogP contribution in [0.3, 0.4) is 0 Å². The Morgan fingerprint density at radius 3 is 2.14 bits per heavy atom. The third kappa shape index (κ3) is 4.29. The maximum atomic E-state index is 12.6. The van der Waals surface area contributed by atoms with E-state index in [2.05, 4.69) is 6.07 Å². The van der Waals surface area contributed by atoms with E-state index in [1.165, 1.54) is 4.90 Å². The fourth-order valence-corrected chi connectivity index (χ4v) is 3.43. The average molecular weight is 395 g/mol. The van der Waals surface area contributed by atoms with Crippen LogP contribution in [0.5, 0.6) is 0 Å². The van der Waals surface area contributed by atoms with Gasteiger partial charge in [-0.15, -0.1) is 0 Å². The monoisotopic (exact) mass is 395 g/mol. The Labute approximate surface area is 164 Å². The van der Waals surface area contributed by atoms with Crippen molar-refractivity contribution in [1.82, 2.24) is 4.90 Å². The molecule has 0 unspecified atom stereocenters. The van der Waals surface area contributed by atoms with Gasteiger partial charge in [-0.25, -0.2) is 0 Å². The van der Waals surface area contributed by atoms with Gasteiger partial charge in [0, 0.05) is 26.2 Å². The Morgan fingerprint density at radius 1 is 1.07 bits per heavy atom. The molecule has 0 amide bonds. The number of nitriles is 1. The van der Waals surface area contributed by atoms with Crippen LogP contribution in [0, 0.1) is 11.3 Å².